The van der Waals surface area contributed by atoms with Crippen LogP contribution in [-0.2, 0) is 21.2 Å². The molecule has 2 aromatic carbocycles. The number of anilines is 1. The monoisotopic (exact) mass is 446 g/mol. The van der Waals surface area contributed by atoms with Gasteiger partial charge in [0.1, 0.15) is 0 Å². The fraction of sp³-hybridized carbons (Fsp3) is 0.435. The zero-order chi connectivity index (χ0) is 22.6. The average molecular weight is 447 g/mol. The summed E-state index contributed by atoms with van der Waals surface area (Å²) in [5.41, 5.74) is 1.99. The summed E-state index contributed by atoms with van der Waals surface area (Å²) in [7, 11) is 2.33. The minimum atomic E-state index is -3.14. The van der Waals surface area contributed by atoms with Gasteiger partial charge in [-0.3, -0.25) is 4.79 Å². The Morgan fingerprint density at radius 2 is 1.74 bits per heavy atom. The summed E-state index contributed by atoms with van der Waals surface area (Å²) in [6.45, 7) is 2.01. The smallest absolute Gasteiger partial charge is 0.263 e. The number of rotatable bonds is 8. The molecule has 1 amide bonds. The van der Waals surface area contributed by atoms with Crippen LogP contribution in [0.5, 0.6) is 11.5 Å². The van der Waals surface area contributed by atoms with E-state index in [1.165, 1.54) is 0 Å². The van der Waals surface area contributed by atoms with Crippen molar-refractivity contribution in [2.45, 2.75) is 32.0 Å². The number of carbonyl (C=O) groups excluding carboxylic acids is 1. The third kappa shape index (κ3) is 5.70. The van der Waals surface area contributed by atoms with Gasteiger partial charge in [-0.25, -0.2) is 8.42 Å². The lowest BCUT2D eigenvalue weighted by atomic mass is 10.1. The summed E-state index contributed by atoms with van der Waals surface area (Å²) < 4.78 is 35.4. The van der Waals surface area contributed by atoms with E-state index in [0.29, 0.717) is 24.5 Å². The quantitative estimate of drug-likeness (QED) is 0.621. The number of nitrogens with zero attached hydrogens (tertiary/aromatic N) is 2. The molecule has 2 aromatic rings. The van der Waals surface area contributed by atoms with Crippen LogP contribution in [0.3, 0.4) is 0 Å². The third-order valence-electron chi connectivity index (χ3n) is 5.46. The Morgan fingerprint density at radius 3 is 2.29 bits per heavy atom. The third-order valence-corrected chi connectivity index (χ3v) is 7.21. The van der Waals surface area contributed by atoms with Gasteiger partial charge in [-0.2, -0.15) is 0 Å². The summed E-state index contributed by atoms with van der Waals surface area (Å²) in [5.74, 6) is 0.847. The van der Waals surface area contributed by atoms with Gasteiger partial charge in [-0.05, 0) is 43.2 Å². The molecular formula is C23H30N2O5S. The van der Waals surface area contributed by atoms with Gasteiger partial charge in [0.15, 0.2) is 27.4 Å². The Labute approximate surface area is 184 Å². The number of hydrogen-bond donors (Lipinski definition) is 0. The van der Waals surface area contributed by atoms with Gasteiger partial charge in [-0.15, -0.1) is 0 Å². The standard InChI is InChI=1S/C23H30N2O5S/c1-17(30-22-8-6-5-7-21(22)29-4)23(26)25(20-13-14-31(27,28)16-20)15-18-9-11-19(12-10-18)24(2)3/h5-12,17,20H,13-16H2,1-4H3. The van der Waals surface area contributed by atoms with E-state index in [-0.39, 0.29) is 23.5 Å². The Kier molecular flexibility index (Phi) is 7.10. The number of hydrogen-bond acceptors (Lipinski definition) is 6. The molecule has 0 radical (unpaired) electrons. The lowest BCUT2D eigenvalue weighted by Crippen LogP contribution is -2.46. The molecule has 3 rings (SSSR count). The molecule has 0 aliphatic carbocycles. The van der Waals surface area contributed by atoms with Crippen LogP contribution in [0, 0.1) is 0 Å². The highest BCUT2D eigenvalue weighted by molar-refractivity contribution is 7.91. The molecule has 1 aliphatic rings. The largest absolute Gasteiger partial charge is 0.493 e. The summed E-state index contributed by atoms with van der Waals surface area (Å²) in [6, 6.07) is 14.7. The number of methoxy groups -OCH3 is 1. The summed E-state index contributed by atoms with van der Waals surface area (Å²) in [6.07, 6.45) is -0.355. The van der Waals surface area contributed by atoms with Crippen molar-refractivity contribution in [2.24, 2.45) is 0 Å². The maximum atomic E-state index is 13.4. The van der Waals surface area contributed by atoms with E-state index in [4.69, 9.17) is 9.47 Å². The molecule has 1 saturated heterocycles. The van der Waals surface area contributed by atoms with Gasteiger partial charge >= 0.3 is 0 Å². The Bertz CT molecular complexity index is 1000. The number of carbonyl (C=O) groups is 1. The summed E-state index contributed by atoms with van der Waals surface area (Å²) >= 11 is 0. The molecule has 0 N–H and O–H groups in total. The molecule has 0 aromatic heterocycles. The van der Waals surface area contributed by atoms with E-state index in [1.807, 2.05) is 55.4 Å². The highest BCUT2D eigenvalue weighted by Crippen LogP contribution is 2.28. The van der Waals surface area contributed by atoms with Crippen LogP contribution in [0.1, 0.15) is 18.9 Å². The number of ether oxygens (including phenoxy) is 2. The van der Waals surface area contributed by atoms with Crippen molar-refractivity contribution in [2.75, 3.05) is 37.6 Å². The van der Waals surface area contributed by atoms with Crippen molar-refractivity contribution in [3.05, 3.63) is 54.1 Å². The van der Waals surface area contributed by atoms with Gasteiger partial charge < -0.3 is 19.3 Å². The number of amides is 1. The van der Waals surface area contributed by atoms with E-state index in [2.05, 4.69) is 0 Å². The first kappa shape index (κ1) is 22.9. The molecule has 1 heterocycles. The van der Waals surface area contributed by atoms with E-state index in [0.717, 1.165) is 11.3 Å². The van der Waals surface area contributed by atoms with Gasteiger partial charge in [0.25, 0.3) is 5.91 Å². The fourth-order valence-electron chi connectivity index (χ4n) is 3.69. The second-order valence-corrected chi connectivity index (χ2v) is 10.2. The highest BCUT2D eigenvalue weighted by Gasteiger charge is 2.36. The van der Waals surface area contributed by atoms with Gasteiger partial charge in [0.05, 0.1) is 18.6 Å². The first-order valence-corrected chi connectivity index (χ1v) is 12.1. The number of para-hydroxylation sites is 2. The van der Waals surface area contributed by atoms with E-state index < -0.39 is 15.9 Å². The van der Waals surface area contributed by atoms with E-state index in [1.54, 1.807) is 31.1 Å². The molecule has 8 heteroatoms. The maximum absolute atomic E-state index is 13.4. The lowest BCUT2D eigenvalue weighted by Gasteiger charge is -2.31. The molecule has 0 spiro atoms. The predicted octanol–water partition coefficient (Wildman–Crippen LogP) is 2.74. The average Bonchev–Trinajstić information content (AvgIpc) is 3.11. The van der Waals surface area contributed by atoms with Gasteiger partial charge in [-0.1, -0.05) is 24.3 Å². The maximum Gasteiger partial charge on any atom is 0.263 e. The van der Waals surface area contributed by atoms with Gasteiger partial charge in [0.2, 0.25) is 0 Å². The second-order valence-electron chi connectivity index (χ2n) is 7.99. The molecule has 31 heavy (non-hydrogen) atoms. The van der Waals surface area contributed by atoms with Crippen molar-refractivity contribution in [3.8, 4) is 11.5 Å². The first-order chi connectivity index (χ1) is 14.7. The fourth-order valence-corrected chi connectivity index (χ4v) is 5.43. The molecule has 2 unspecified atom stereocenters. The molecule has 0 saturated carbocycles. The molecule has 7 nitrogen and oxygen atoms in total. The van der Waals surface area contributed by atoms with E-state index >= 15 is 0 Å². The Balaban J connectivity index is 1.82. The first-order valence-electron chi connectivity index (χ1n) is 10.3. The number of benzene rings is 2. The van der Waals surface area contributed by atoms with Crippen molar-refractivity contribution < 1.29 is 22.7 Å². The predicted molar refractivity (Wildman–Crippen MR) is 121 cm³/mol. The van der Waals surface area contributed by atoms with Crippen molar-refractivity contribution in [3.63, 3.8) is 0 Å². The number of sulfone groups is 1. The summed E-state index contributed by atoms with van der Waals surface area (Å²) in [4.78, 5) is 17.0. The minimum absolute atomic E-state index is 0.0180. The molecule has 0 bridgehead atoms. The molecule has 168 valence electrons. The van der Waals surface area contributed by atoms with Crippen LogP contribution in [0.2, 0.25) is 0 Å². The highest BCUT2D eigenvalue weighted by atomic mass is 32.2. The molecule has 1 fully saturated rings. The zero-order valence-corrected chi connectivity index (χ0v) is 19.3. The second kappa shape index (κ2) is 9.60. The van der Waals surface area contributed by atoms with Crippen LogP contribution >= 0.6 is 0 Å². The Morgan fingerprint density at radius 1 is 1.10 bits per heavy atom. The zero-order valence-electron chi connectivity index (χ0n) is 18.4. The molecular weight excluding hydrogens is 416 g/mol. The van der Waals surface area contributed by atoms with Crippen LogP contribution in [-0.4, -0.2) is 64.1 Å². The van der Waals surface area contributed by atoms with Crippen LogP contribution in [0.25, 0.3) is 0 Å². The van der Waals surface area contributed by atoms with Crippen molar-refractivity contribution in [1.29, 1.82) is 0 Å². The normalized spacial score (nSPS) is 18.3. The van der Waals surface area contributed by atoms with Crippen molar-refractivity contribution >= 4 is 21.4 Å². The molecule has 1 aliphatic heterocycles. The topological polar surface area (TPSA) is 76.2 Å². The SMILES string of the molecule is COc1ccccc1OC(C)C(=O)N(Cc1ccc(N(C)C)cc1)C1CCS(=O)(=O)C1. The van der Waals surface area contributed by atoms with Gasteiger partial charge in [0, 0.05) is 32.4 Å². The lowest BCUT2D eigenvalue weighted by molar-refractivity contribution is -0.140. The Hall–Kier alpha value is -2.74. The van der Waals surface area contributed by atoms with Crippen LogP contribution in [0.4, 0.5) is 5.69 Å². The summed E-state index contributed by atoms with van der Waals surface area (Å²) in [5, 5.41) is 0. The van der Waals surface area contributed by atoms with E-state index in [9.17, 15) is 13.2 Å². The minimum Gasteiger partial charge on any atom is -0.493 e. The van der Waals surface area contributed by atoms with Crippen LogP contribution < -0.4 is 14.4 Å². The molecule has 2 atom stereocenters. The van der Waals surface area contributed by atoms with Crippen LogP contribution in [0.15, 0.2) is 48.5 Å². The van der Waals surface area contributed by atoms with Crippen molar-refractivity contribution in [1.82, 2.24) is 4.90 Å².